The van der Waals surface area contributed by atoms with E-state index in [9.17, 15) is 0 Å². The van der Waals surface area contributed by atoms with Gasteiger partial charge in [-0.15, -0.1) is 0 Å². The van der Waals surface area contributed by atoms with Crippen LogP contribution in [0.4, 0.5) is 0 Å². The second kappa shape index (κ2) is 7.43. The zero-order chi connectivity index (χ0) is 13.5. The Morgan fingerprint density at radius 2 is 1.63 bits per heavy atom. The molecule has 0 amide bonds. The summed E-state index contributed by atoms with van der Waals surface area (Å²) < 4.78 is 4.73. The van der Waals surface area contributed by atoms with Gasteiger partial charge in [-0.05, 0) is 38.8 Å². The van der Waals surface area contributed by atoms with Gasteiger partial charge >= 0.3 is 0 Å². The molecule has 2 aliphatic rings. The molecule has 0 spiro atoms. The molecule has 0 aromatic heterocycles. The van der Waals surface area contributed by atoms with Crippen molar-refractivity contribution in [2.75, 3.05) is 31.1 Å². The van der Waals surface area contributed by atoms with Gasteiger partial charge in [-0.2, -0.15) is 10.5 Å². The predicted octanol–water partition coefficient (Wildman–Crippen LogP) is 2.37. The van der Waals surface area contributed by atoms with E-state index in [-0.39, 0.29) is 16.3 Å². The highest BCUT2D eigenvalue weighted by Gasteiger charge is 2.16. The first kappa shape index (κ1) is 14.2. The van der Waals surface area contributed by atoms with Crippen LogP contribution in [-0.2, 0) is 10.7 Å². The van der Waals surface area contributed by atoms with Crippen molar-refractivity contribution in [3.05, 3.63) is 11.3 Å². The third kappa shape index (κ3) is 4.16. The monoisotopic (exact) mass is 276 g/mol. The summed E-state index contributed by atoms with van der Waals surface area (Å²) in [6.45, 7) is 2.81. The Bertz CT molecular complexity index is 437. The minimum absolute atomic E-state index is 0.0528. The van der Waals surface area contributed by atoms with Crippen molar-refractivity contribution in [2.24, 2.45) is 4.36 Å². The van der Waals surface area contributed by atoms with Gasteiger partial charge in [-0.1, -0.05) is 17.1 Å². The molecular formula is C14H20N4S. The third-order valence-corrected chi connectivity index (χ3v) is 5.58. The van der Waals surface area contributed by atoms with Crippen LogP contribution >= 0.6 is 0 Å². The third-order valence-electron chi connectivity index (χ3n) is 3.58. The number of nitriles is 2. The molecule has 5 heteroatoms. The summed E-state index contributed by atoms with van der Waals surface area (Å²) >= 11 is 0. The number of hydrogen-bond acceptors (Lipinski definition) is 4. The molecule has 0 bridgehead atoms. The highest BCUT2D eigenvalue weighted by Crippen LogP contribution is 2.17. The molecule has 0 saturated carbocycles. The number of piperidine rings is 1. The summed E-state index contributed by atoms with van der Waals surface area (Å²) in [7, 11) is 0.0528. The van der Waals surface area contributed by atoms with Gasteiger partial charge in [0.25, 0.3) is 0 Å². The molecule has 4 nitrogen and oxygen atoms in total. The first-order valence-corrected chi connectivity index (χ1v) is 8.50. The fourth-order valence-corrected chi connectivity index (χ4v) is 4.45. The van der Waals surface area contributed by atoms with Crippen molar-refractivity contribution in [1.29, 1.82) is 10.5 Å². The lowest BCUT2D eigenvalue weighted by Crippen LogP contribution is -2.31. The van der Waals surface area contributed by atoms with Crippen molar-refractivity contribution < 1.29 is 0 Å². The average Bonchev–Trinajstić information content (AvgIpc) is 2.94. The van der Waals surface area contributed by atoms with E-state index in [2.05, 4.69) is 4.90 Å². The zero-order valence-corrected chi connectivity index (χ0v) is 12.1. The Labute approximate surface area is 117 Å². The molecule has 0 N–H and O–H groups in total. The van der Waals surface area contributed by atoms with Crippen LogP contribution in [0.1, 0.15) is 32.1 Å². The van der Waals surface area contributed by atoms with E-state index in [1.807, 2.05) is 12.1 Å². The van der Waals surface area contributed by atoms with Crippen molar-refractivity contribution in [2.45, 2.75) is 32.1 Å². The van der Waals surface area contributed by atoms with Gasteiger partial charge in [0.15, 0.2) is 5.57 Å². The fraction of sp³-hybridized carbons (Fsp3) is 0.714. The normalized spacial score (nSPS) is 20.5. The molecule has 0 unspecified atom stereocenters. The Balaban J connectivity index is 2.15. The van der Waals surface area contributed by atoms with E-state index in [1.54, 1.807) is 0 Å². The molecule has 0 aromatic rings. The summed E-state index contributed by atoms with van der Waals surface area (Å²) in [5.41, 5.74) is 0.946. The average molecular weight is 276 g/mol. The molecule has 0 aliphatic carbocycles. The van der Waals surface area contributed by atoms with Crippen molar-refractivity contribution in [3.63, 3.8) is 0 Å². The topological polar surface area (TPSA) is 63.2 Å². The number of nitrogens with zero attached hydrogens (tertiary/aromatic N) is 4. The van der Waals surface area contributed by atoms with Crippen LogP contribution in [-0.4, -0.2) is 36.0 Å². The highest BCUT2D eigenvalue weighted by atomic mass is 32.2. The van der Waals surface area contributed by atoms with Gasteiger partial charge in [-0.25, -0.2) is 4.36 Å². The van der Waals surface area contributed by atoms with Crippen molar-refractivity contribution in [1.82, 2.24) is 4.90 Å². The number of allylic oxidation sites excluding steroid dienone is 1. The molecule has 2 heterocycles. The molecule has 2 rings (SSSR count). The molecule has 0 radical (unpaired) electrons. The van der Waals surface area contributed by atoms with Crippen LogP contribution in [0.5, 0.6) is 0 Å². The van der Waals surface area contributed by atoms with E-state index in [0.29, 0.717) is 6.54 Å². The van der Waals surface area contributed by atoms with Crippen LogP contribution in [0.15, 0.2) is 15.6 Å². The smallest absolute Gasteiger partial charge is 0.153 e. The summed E-state index contributed by atoms with van der Waals surface area (Å²) in [5, 5.41) is 18.2. The number of rotatable bonds is 3. The second-order valence-electron chi connectivity index (χ2n) is 5.05. The minimum atomic E-state index is 0.0528. The van der Waals surface area contributed by atoms with E-state index < -0.39 is 0 Å². The van der Waals surface area contributed by atoms with Crippen molar-refractivity contribution in [3.8, 4) is 12.1 Å². The summed E-state index contributed by atoms with van der Waals surface area (Å²) in [6.07, 6.45) is 6.19. The lowest BCUT2D eigenvalue weighted by atomic mass is 10.1. The molecule has 2 saturated heterocycles. The van der Waals surface area contributed by atoms with E-state index in [0.717, 1.165) is 30.3 Å². The standard InChI is InChI=1S/C14H20N4S/c15-10-13(11-16)14(17-19-8-4-5-9-19)12-18-6-2-1-3-7-18/h1-9,12H2. The first-order valence-electron chi connectivity index (χ1n) is 6.98. The van der Waals surface area contributed by atoms with Crippen LogP contribution in [0.3, 0.4) is 0 Å². The number of hydrogen-bond donors (Lipinski definition) is 0. The molecule has 2 aliphatic heterocycles. The maximum atomic E-state index is 9.09. The lowest BCUT2D eigenvalue weighted by Gasteiger charge is -2.26. The lowest BCUT2D eigenvalue weighted by molar-refractivity contribution is 0.246. The van der Waals surface area contributed by atoms with Gasteiger partial charge in [0, 0.05) is 18.1 Å². The first-order chi connectivity index (χ1) is 9.33. The summed E-state index contributed by atoms with van der Waals surface area (Å²) in [5.74, 6) is 2.27. The Kier molecular flexibility index (Phi) is 5.57. The maximum Gasteiger partial charge on any atom is 0.153 e. The van der Waals surface area contributed by atoms with Gasteiger partial charge in [0.2, 0.25) is 0 Å². The Hall–Kier alpha value is -1.17. The molecule has 0 aromatic carbocycles. The largest absolute Gasteiger partial charge is 0.297 e. The Morgan fingerprint density at radius 1 is 1.00 bits per heavy atom. The van der Waals surface area contributed by atoms with E-state index in [4.69, 9.17) is 14.9 Å². The van der Waals surface area contributed by atoms with Crippen LogP contribution in [0.25, 0.3) is 0 Å². The van der Waals surface area contributed by atoms with Gasteiger partial charge in [0.05, 0.1) is 5.70 Å². The van der Waals surface area contributed by atoms with E-state index in [1.165, 1.54) is 32.1 Å². The highest BCUT2D eigenvalue weighted by molar-refractivity contribution is 7.87. The summed E-state index contributed by atoms with van der Waals surface area (Å²) in [4.78, 5) is 2.33. The maximum absolute atomic E-state index is 9.09. The Morgan fingerprint density at radius 3 is 2.21 bits per heavy atom. The van der Waals surface area contributed by atoms with E-state index >= 15 is 0 Å². The van der Waals surface area contributed by atoms with Gasteiger partial charge in [0.1, 0.15) is 12.1 Å². The molecular weight excluding hydrogens is 256 g/mol. The quantitative estimate of drug-likeness (QED) is 0.743. The number of likely N-dealkylation sites (tertiary alicyclic amines) is 1. The molecule has 0 atom stereocenters. The molecule has 102 valence electrons. The SMILES string of the molecule is N#CC(C#N)=C(CN1CCCCC1)N=S1CCCC1. The van der Waals surface area contributed by atoms with Crippen LogP contribution in [0, 0.1) is 22.7 Å². The van der Waals surface area contributed by atoms with Gasteiger partial charge < -0.3 is 0 Å². The van der Waals surface area contributed by atoms with Crippen LogP contribution in [0.2, 0.25) is 0 Å². The van der Waals surface area contributed by atoms with Gasteiger partial charge in [-0.3, -0.25) is 4.90 Å². The second-order valence-corrected chi connectivity index (χ2v) is 6.97. The minimum Gasteiger partial charge on any atom is -0.297 e. The van der Waals surface area contributed by atoms with Crippen LogP contribution < -0.4 is 0 Å². The fourth-order valence-electron chi connectivity index (χ4n) is 2.52. The predicted molar refractivity (Wildman–Crippen MR) is 77.3 cm³/mol. The van der Waals surface area contributed by atoms with Crippen molar-refractivity contribution >= 4 is 10.7 Å². The molecule has 19 heavy (non-hydrogen) atoms. The zero-order valence-electron chi connectivity index (χ0n) is 11.3. The molecule has 2 fully saturated rings. The summed E-state index contributed by atoms with van der Waals surface area (Å²) in [6, 6.07) is 4.04.